The Hall–Kier alpha value is -3.07. The summed E-state index contributed by atoms with van der Waals surface area (Å²) in [6.45, 7) is 1.14. The Morgan fingerprint density at radius 3 is 2.68 bits per heavy atom. The van der Waals surface area contributed by atoms with Crippen LogP contribution < -0.4 is 10.1 Å². The van der Waals surface area contributed by atoms with Gasteiger partial charge in [0.25, 0.3) is 5.91 Å². The molecule has 0 radical (unpaired) electrons. The standard InChI is InChI=1S/C15H13ClN2O7/c1-8-5-10(12(23-2)6-9(8)16)17-13(19)7-24-15(20)11-3-4-14(25-11)18(21)22/h3-6H,7H2,1-2H3,(H,17,19). The third-order valence-corrected chi connectivity index (χ3v) is 3.47. The number of carbonyl (C=O) groups excluding carboxylic acids is 2. The fourth-order valence-electron chi connectivity index (χ4n) is 1.85. The molecule has 2 rings (SSSR count). The summed E-state index contributed by atoms with van der Waals surface area (Å²) >= 11 is 5.98. The number of hydrogen-bond acceptors (Lipinski definition) is 7. The molecule has 1 amide bonds. The highest BCUT2D eigenvalue weighted by Gasteiger charge is 2.19. The molecule has 1 aromatic carbocycles. The number of carbonyl (C=O) groups is 2. The van der Waals surface area contributed by atoms with Gasteiger partial charge in [-0.05, 0) is 24.6 Å². The summed E-state index contributed by atoms with van der Waals surface area (Å²) in [5, 5.41) is 13.5. The second-order valence-electron chi connectivity index (χ2n) is 4.82. The average molecular weight is 369 g/mol. The summed E-state index contributed by atoms with van der Waals surface area (Å²) in [5.74, 6) is -2.26. The Morgan fingerprint density at radius 2 is 2.08 bits per heavy atom. The summed E-state index contributed by atoms with van der Waals surface area (Å²) in [5.41, 5.74) is 1.08. The van der Waals surface area contributed by atoms with Gasteiger partial charge in [-0.3, -0.25) is 14.9 Å². The Kier molecular flexibility index (Phi) is 5.60. The lowest BCUT2D eigenvalue weighted by molar-refractivity contribution is -0.402. The third kappa shape index (κ3) is 4.48. The Bertz CT molecular complexity index is 831. The number of halogens is 1. The van der Waals surface area contributed by atoms with Crippen molar-refractivity contribution in [3.63, 3.8) is 0 Å². The lowest BCUT2D eigenvalue weighted by atomic mass is 10.2. The molecule has 1 heterocycles. The molecular weight excluding hydrogens is 356 g/mol. The van der Waals surface area contributed by atoms with Gasteiger partial charge in [0.2, 0.25) is 5.76 Å². The Labute approximate surface area is 146 Å². The molecule has 25 heavy (non-hydrogen) atoms. The highest BCUT2D eigenvalue weighted by molar-refractivity contribution is 6.31. The van der Waals surface area contributed by atoms with Crippen molar-refractivity contribution in [2.45, 2.75) is 6.92 Å². The highest BCUT2D eigenvalue weighted by atomic mass is 35.5. The first-order valence-corrected chi connectivity index (χ1v) is 7.25. The molecule has 2 aromatic rings. The fourth-order valence-corrected chi connectivity index (χ4v) is 2.01. The van der Waals surface area contributed by atoms with E-state index in [2.05, 4.69) is 9.73 Å². The van der Waals surface area contributed by atoms with E-state index in [4.69, 9.17) is 21.1 Å². The first kappa shape index (κ1) is 18.3. The van der Waals surface area contributed by atoms with E-state index < -0.39 is 29.3 Å². The zero-order valence-corrected chi connectivity index (χ0v) is 14.0. The summed E-state index contributed by atoms with van der Waals surface area (Å²) in [7, 11) is 1.42. The number of esters is 1. The molecule has 10 heteroatoms. The van der Waals surface area contributed by atoms with Crippen molar-refractivity contribution in [3.05, 3.63) is 50.7 Å². The lowest BCUT2D eigenvalue weighted by Crippen LogP contribution is -2.21. The summed E-state index contributed by atoms with van der Waals surface area (Å²) in [6, 6.07) is 5.25. The number of amides is 1. The van der Waals surface area contributed by atoms with Crippen molar-refractivity contribution in [2.24, 2.45) is 0 Å². The number of benzene rings is 1. The number of anilines is 1. The number of furan rings is 1. The molecule has 132 valence electrons. The molecule has 0 aliphatic heterocycles. The van der Waals surface area contributed by atoms with E-state index in [0.29, 0.717) is 16.5 Å². The molecular formula is C15H13ClN2O7. The van der Waals surface area contributed by atoms with Gasteiger partial charge in [-0.15, -0.1) is 0 Å². The molecule has 0 aliphatic rings. The maximum atomic E-state index is 11.9. The smallest absolute Gasteiger partial charge is 0.433 e. The van der Waals surface area contributed by atoms with E-state index in [-0.39, 0.29) is 5.76 Å². The van der Waals surface area contributed by atoms with Gasteiger partial charge < -0.3 is 19.2 Å². The monoisotopic (exact) mass is 368 g/mol. The quantitative estimate of drug-likeness (QED) is 0.472. The number of nitrogens with zero attached hydrogens (tertiary/aromatic N) is 1. The molecule has 0 spiro atoms. The molecule has 1 aromatic heterocycles. The molecule has 0 saturated carbocycles. The maximum absolute atomic E-state index is 11.9. The zero-order chi connectivity index (χ0) is 18.6. The van der Waals surface area contributed by atoms with Crippen molar-refractivity contribution in [1.29, 1.82) is 0 Å². The molecule has 0 bridgehead atoms. The van der Waals surface area contributed by atoms with Gasteiger partial charge in [0.05, 0.1) is 18.9 Å². The SMILES string of the molecule is COc1cc(Cl)c(C)cc1NC(=O)COC(=O)c1ccc([N+](=O)[O-])o1. The molecule has 0 saturated heterocycles. The van der Waals surface area contributed by atoms with Gasteiger partial charge in [0, 0.05) is 11.1 Å². The van der Waals surface area contributed by atoms with Crippen LogP contribution in [0.3, 0.4) is 0 Å². The first-order valence-electron chi connectivity index (χ1n) is 6.87. The molecule has 9 nitrogen and oxygen atoms in total. The first-order chi connectivity index (χ1) is 11.8. The van der Waals surface area contributed by atoms with Crippen molar-refractivity contribution in [3.8, 4) is 5.75 Å². The Morgan fingerprint density at radius 1 is 1.36 bits per heavy atom. The van der Waals surface area contributed by atoms with Crippen LogP contribution in [0.2, 0.25) is 5.02 Å². The van der Waals surface area contributed by atoms with Crippen LogP contribution in [-0.4, -0.2) is 30.5 Å². The topological polar surface area (TPSA) is 121 Å². The van der Waals surface area contributed by atoms with Crippen LogP contribution >= 0.6 is 11.6 Å². The van der Waals surface area contributed by atoms with Crippen LogP contribution in [0.5, 0.6) is 5.75 Å². The third-order valence-electron chi connectivity index (χ3n) is 3.06. The largest absolute Gasteiger partial charge is 0.495 e. The van der Waals surface area contributed by atoms with Crippen LogP contribution in [0, 0.1) is 17.0 Å². The van der Waals surface area contributed by atoms with Crippen LogP contribution in [0.15, 0.2) is 28.7 Å². The molecule has 0 unspecified atom stereocenters. The van der Waals surface area contributed by atoms with E-state index >= 15 is 0 Å². The lowest BCUT2D eigenvalue weighted by Gasteiger charge is -2.12. The van der Waals surface area contributed by atoms with Crippen molar-refractivity contribution in [1.82, 2.24) is 0 Å². The number of nitro groups is 1. The van der Waals surface area contributed by atoms with Crippen molar-refractivity contribution in [2.75, 3.05) is 19.0 Å². The van der Waals surface area contributed by atoms with Crippen LogP contribution in [0.1, 0.15) is 16.1 Å². The predicted octanol–water partition coefficient (Wildman–Crippen LogP) is 2.95. The minimum atomic E-state index is -0.998. The minimum absolute atomic E-state index is 0.344. The van der Waals surface area contributed by atoms with Gasteiger partial charge in [-0.25, -0.2) is 4.79 Å². The molecule has 0 fully saturated rings. The number of methoxy groups -OCH3 is 1. The molecule has 0 aliphatic carbocycles. The highest BCUT2D eigenvalue weighted by Crippen LogP contribution is 2.30. The van der Waals surface area contributed by atoms with E-state index in [1.54, 1.807) is 19.1 Å². The van der Waals surface area contributed by atoms with Gasteiger partial charge in [-0.1, -0.05) is 11.6 Å². The number of aryl methyl sites for hydroxylation is 1. The van der Waals surface area contributed by atoms with Gasteiger partial charge in [-0.2, -0.15) is 0 Å². The normalized spacial score (nSPS) is 10.2. The zero-order valence-electron chi connectivity index (χ0n) is 13.2. The minimum Gasteiger partial charge on any atom is -0.495 e. The van der Waals surface area contributed by atoms with Crippen LogP contribution in [0.25, 0.3) is 0 Å². The van der Waals surface area contributed by atoms with E-state index in [1.165, 1.54) is 7.11 Å². The number of ether oxygens (including phenoxy) is 2. The average Bonchev–Trinajstić information content (AvgIpc) is 3.06. The van der Waals surface area contributed by atoms with E-state index in [0.717, 1.165) is 17.7 Å². The van der Waals surface area contributed by atoms with E-state index in [1.807, 2.05) is 0 Å². The van der Waals surface area contributed by atoms with Crippen molar-refractivity contribution < 1.29 is 28.4 Å². The van der Waals surface area contributed by atoms with Crippen LogP contribution in [-0.2, 0) is 9.53 Å². The second-order valence-corrected chi connectivity index (χ2v) is 5.23. The number of rotatable bonds is 6. The number of nitrogens with one attached hydrogen (secondary N) is 1. The molecule has 0 atom stereocenters. The van der Waals surface area contributed by atoms with Gasteiger partial charge in [0.15, 0.2) is 6.61 Å². The van der Waals surface area contributed by atoms with Gasteiger partial charge in [0.1, 0.15) is 10.7 Å². The predicted molar refractivity (Wildman–Crippen MR) is 87.0 cm³/mol. The van der Waals surface area contributed by atoms with Gasteiger partial charge >= 0.3 is 11.9 Å². The second kappa shape index (κ2) is 7.67. The fraction of sp³-hybridized carbons (Fsp3) is 0.200. The maximum Gasteiger partial charge on any atom is 0.433 e. The van der Waals surface area contributed by atoms with Crippen molar-refractivity contribution >= 4 is 35.0 Å². The summed E-state index contributed by atoms with van der Waals surface area (Å²) < 4.78 is 14.5. The summed E-state index contributed by atoms with van der Waals surface area (Å²) in [6.07, 6.45) is 0. The van der Waals surface area contributed by atoms with E-state index in [9.17, 15) is 19.7 Å². The number of hydrogen-bond donors (Lipinski definition) is 1. The molecule has 1 N–H and O–H groups in total. The Balaban J connectivity index is 1.97. The van der Waals surface area contributed by atoms with Crippen LogP contribution in [0.4, 0.5) is 11.6 Å². The summed E-state index contributed by atoms with van der Waals surface area (Å²) in [4.78, 5) is 33.3.